The smallest absolute Gasteiger partial charge is 0.308 e. The summed E-state index contributed by atoms with van der Waals surface area (Å²) in [5.74, 6) is -0.000789. The summed E-state index contributed by atoms with van der Waals surface area (Å²) in [5.41, 5.74) is 2.41. The van der Waals surface area contributed by atoms with Crippen LogP contribution in [-0.2, 0) is 4.79 Å². The largest absolute Gasteiger partial charge is 0.426 e. The Morgan fingerprint density at radius 3 is 2.50 bits per heavy atom. The summed E-state index contributed by atoms with van der Waals surface area (Å²) in [6, 6.07) is 1.75. The third-order valence-electron chi connectivity index (χ3n) is 2.82. The van der Waals surface area contributed by atoms with E-state index in [4.69, 9.17) is 4.74 Å². The van der Waals surface area contributed by atoms with Crippen molar-refractivity contribution in [2.45, 2.75) is 27.7 Å². The minimum Gasteiger partial charge on any atom is -0.426 e. The quantitative estimate of drug-likeness (QED) is 0.572. The van der Waals surface area contributed by atoms with Crippen molar-refractivity contribution in [3.63, 3.8) is 0 Å². The first-order valence-electron chi connectivity index (χ1n) is 5.59. The summed E-state index contributed by atoms with van der Waals surface area (Å²) in [6.07, 6.45) is 1.62. The van der Waals surface area contributed by atoms with E-state index in [1.54, 1.807) is 12.3 Å². The Labute approximate surface area is 104 Å². The van der Waals surface area contributed by atoms with E-state index in [1.165, 1.54) is 18.5 Å². The lowest BCUT2D eigenvalue weighted by Crippen LogP contribution is -2.08. The first-order valence-corrected chi connectivity index (χ1v) is 5.59. The fourth-order valence-corrected chi connectivity index (χ4v) is 2.01. The molecule has 0 unspecified atom stereocenters. The standard InChI is InChI=1S/C13H14N2O3/c1-7-5-12(18-10(4)17)8(2)11-6-14-15(9(3)16)13(7)11/h5-6H,1-4H3. The molecular formula is C13H14N2O3. The Morgan fingerprint density at radius 1 is 1.28 bits per heavy atom. The zero-order chi connectivity index (χ0) is 13.4. The van der Waals surface area contributed by atoms with E-state index in [1.807, 2.05) is 13.8 Å². The number of rotatable bonds is 1. The average Bonchev–Trinajstić information content (AvgIpc) is 2.69. The van der Waals surface area contributed by atoms with Crippen LogP contribution in [0.1, 0.15) is 29.8 Å². The first kappa shape index (κ1) is 12.3. The number of hydrogen-bond donors (Lipinski definition) is 0. The van der Waals surface area contributed by atoms with Gasteiger partial charge in [0.1, 0.15) is 5.75 Å². The summed E-state index contributed by atoms with van der Waals surface area (Å²) in [4.78, 5) is 22.5. The third-order valence-corrected chi connectivity index (χ3v) is 2.82. The lowest BCUT2D eigenvalue weighted by molar-refractivity contribution is -0.131. The molecule has 1 aromatic carbocycles. The van der Waals surface area contributed by atoms with Crippen molar-refractivity contribution in [2.24, 2.45) is 0 Å². The molecule has 5 heteroatoms. The first-order chi connectivity index (χ1) is 8.41. The van der Waals surface area contributed by atoms with Crippen LogP contribution in [-0.4, -0.2) is 21.7 Å². The monoisotopic (exact) mass is 246 g/mol. The minimum absolute atomic E-state index is 0.146. The van der Waals surface area contributed by atoms with Gasteiger partial charge in [-0.3, -0.25) is 9.59 Å². The molecule has 5 nitrogen and oxygen atoms in total. The second-order valence-electron chi connectivity index (χ2n) is 4.25. The molecule has 2 rings (SSSR count). The number of fused-ring (bicyclic) bond motifs is 1. The molecular weight excluding hydrogens is 232 g/mol. The van der Waals surface area contributed by atoms with E-state index in [-0.39, 0.29) is 11.9 Å². The number of carbonyl (C=O) groups is 2. The molecule has 0 amide bonds. The number of aromatic nitrogens is 2. The zero-order valence-electron chi connectivity index (χ0n) is 10.8. The van der Waals surface area contributed by atoms with Gasteiger partial charge in [0, 0.05) is 24.8 Å². The molecule has 1 aromatic heterocycles. The van der Waals surface area contributed by atoms with E-state index in [2.05, 4.69) is 5.10 Å². The highest BCUT2D eigenvalue weighted by molar-refractivity contribution is 5.94. The predicted molar refractivity (Wildman–Crippen MR) is 66.8 cm³/mol. The van der Waals surface area contributed by atoms with Crippen LogP contribution in [0.2, 0.25) is 0 Å². The number of ether oxygens (including phenoxy) is 1. The van der Waals surface area contributed by atoms with Crippen molar-refractivity contribution in [2.75, 3.05) is 0 Å². The highest BCUT2D eigenvalue weighted by atomic mass is 16.5. The van der Waals surface area contributed by atoms with Crippen LogP contribution in [0.4, 0.5) is 0 Å². The van der Waals surface area contributed by atoms with Gasteiger partial charge >= 0.3 is 5.97 Å². The van der Waals surface area contributed by atoms with Gasteiger partial charge in [-0.15, -0.1) is 0 Å². The van der Waals surface area contributed by atoms with E-state index in [9.17, 15) is 9.59 Å². The molecule has 0 fully saturated rings. The van der Waals surface area contributed by atoms with E-state index in [0.717, 1.165) is 22.0 Å². The highest BCUT2D eigenvalue weighted by Gasteiger charge is 2.15. The summed E-state index contributed by atoms with van der Waals surface area (Å²) >= 11 is 0. The van der Waals surface area contributed by atoms with E-state index in [0.29, 0.717) is 5.75 Å². The second kappa shape index (κ2) is 4.25. The van der Waals surface area contributed by atoms with Crippen LogP contribution in [0.25, 0.3) is 10.9 Å². The Balaban J connectivity index is 2.73. The third kappa shape index (κ3) is 1.88. The van der Waals surface area contributed by atoms with Crippen molar-refractivity contribution in [1.29, 1.82) is 0 Å². The van der Waals surface area contributed by atoms with Gasteiger partial charge in [0.2, 0.25) is 5.91 Å². The van der Waals surface area contributed by atoms with Gasteiger partial charge in [0.25, 0.3) is 0 Å². The Morgan fingerprint density at radius 2 is 1.94 bits per heavy atom. The zero-order valence-corrected chi connectivity index (χ0v) is 10.8. The highest BCUT2D eigenvalue weighted by Crippen LogP contribution is 2.30. The molecule has 0 aliphatic carbocycles. The van der Waals surface area contributed by atoms with Gasteiger partial charge < -0.3 is 4.74 Å². The molecule has 94 valence electrons. The second-order valence-corrected chi connectivity index (χ2v) is 4.25. The topological polar surface area (TPSA) is 61.2 Å². The van der Waals surface area contributed by atoms with Gasteiger partial charge in [-0.2, -0.15) is 5.10 Å². The van der Waals surface area contributed by atoms with Crippen molar-refractivity contribution in [3.05, 3.63) is 23.4 Å². The maximum absolute atomic E-state index is 11.5. The van der Waals surface area contributed by atoms with Crippen LogP contribution in [0, 0.1) is 13.8 Å². The Bertz CT molecular complexity index is 656. The maximum Gasteiger partial charge on any atom is 0.308 e. The molecule has 0 atom stereocenters. The van der Waals surface area contributed by atoms with Gasteiger partial charge in [-0.05, 0) is 25.5 Å². The van der Waals surface area contributed by atoms with Crippen molar-refractivity contribution < 1.29 is 14.3 Å². The van der Waals surface area contributed by atoms with Crippen LogP contribution >= 0.6 is 0 Å². The number of nitrogens with zero attached hydrogens (tertiary/aromatic N) is 2. The molecule has 0 bridgehead atoms. The summed E-state index contributed by atoms with van der Waals surface area (Å²) in [6.45, 7) is 6.52. The molecule has 0 aliphatic heterocycles. The number of benzene rings is 1. The van der Waals surface area contributed by atoms with Crippen LogP contribution < -0.4 is 4.74 Å². The molecule has 1 heterocycles. The lowest BCUT2D eigenvalue weighted by atomic mass is 10.1. The summed E-state index contributed by atoms with van der Waals surface area (Å²) < 4.78 is 6.50. The van der Waals surface area contributed by atoms with Crippen molar-refractivity contribution in [1.82, 2.24) is 9.78 Å². The molecule has 0 saturated carbocycles. The van der Waals surface area contributed by atoms with E-state index >= 15 is 0 Å². The van der Waals surface area contributed by atoms with Gasteiger partial charge in [-0.25, -0.2) is 4.68 Å². The van der Waals surface area contributed by atoms with Crippen LogP contribution in [0.5, 0.6) is 5.75 Å². The van der Waals surface area contributed by atoms with Gasteiger partial charge in [0.15, 0.2) is 0 Å². The molecule has 0 radical (unpaired) electrons. The fraction of sp³-hybridized carbons (Fsp3) is 0.308. The number of esters is 1. The SMILES string of the molecule is CC(=O)Oc1cc(C)c2c(cnn2C(C)=O)c1C. The molecule has 0 saturated heterocycles. The Kier molecular flexibility index (Phi) is 2.90. The van der Waals surface area contributed by atoms with Gasteiger partial charge in [-0.1, -0.05) is 0 Å². The lowest BCUT2D eigenvalue weighted by Gasteiger charge is -2.09. The molecule has 18 heavy (non-hydrogen) atoms. The molecule has 0 aliphatic rings. The Hall–Kier alpha value is -2.17. The minimum atomic E-state index is -0.365. The van der Waals surface area contributed by atoms with Crippen molar-refractivity contribution >= 4 is 22.8 Å². The van der Waals surface area contributed by atoms with Crippen LogP contribution in [0.15, 0.2) is 12.3 Å². The molecule has 0 spiro atoms. The number of carbonyl (C=O) groups excluding carboxylic acids is 2. The molecule has 2 aromatic rings. The fourth-order valence-electron chi connectivity index (χ4n) is 2.01. The number of aryl methyl sites for hydroxylation is 2. The molecule has 0 N–H and O–H groups in total. The predicted octanol–water partition coefficient (Wildman–Crippen LogP) is 2.24. The normalized spacial score (nSPS) is 10.7. The summed E-state index contributed by atoms with van der Waals surface area (Å²) in [7, 11) is 0. The van der Waals surface area contributed by atoms with Crippen LogP contribution in [0.3, 0.4) is 0 Å². The van der Waals surface area contributed by atoms with E-state index < -0.39 is 0 Å². The maximum atomic E-state index is 11.5. The average molecular weight is 246 g/mol. The summed E-state index contributed by atoms with van der Waals surface area (Å²) in [5, 5.41) is 4.88. The number of hydrogen-bond acceptors (Lipinski definition) is 4. The van der Waals surface area contributed by atoms with Gasteiger partial charge in [0.05, 0.1) is 11.7 Å². The van der Waals surface area contributed by atoms with Crippen molar-refractivity contribution in [3.8, 4) is 5.75 Å².